The third-order valence-corrected chi connectivity index (χ3v) is 7.50. The number of aromatic nitrogens is 3. The fourth-order valence-electron chi connectivity index (χ4n) is 5.28. The molecule has 6 nitrogen and oxygen atoms in total. The zero-order chi connectivity index (χ0) is 24.9. The number of rotatable bonds is 10. The largest absolute Gasteiger partial charge is 0.487 e. The summed E-state index contributed by atoms with van der Waals surface area (Å²) >= 11 is 0. The molecule has 0 unspecified atom stereocenters. The zero-order valence-electron chi connectivity index (χ0n) is 21.2. The monoisotopic (exact) mass is 494 g/mol. The Balaban J connectivity index is 1.12. The average Bonchev–Trinajstić information content (AvgIpc) is 3.69. The van der Waals surface area contributed by atoms with Crippen molar-refractivity contribution in [1.29, 1.82) is 0 Å². The molecule has 6 heteroatoms. The molecule has 0 atom stereocenters. The quantitative estimate of drug-likeness (QED) is 0.242. The molecule has 0 radical (unpaired) electrons. The van der Waals surface area contributed by atoms with E-state index in [0.29, 0.717) is 18.4 Å². The average molecular weight is 495 g/mol. The van der Waals surface area contributed by atoms with Crippen LogP contribution in [0.15, 0.2) is 71.3 Å². The molecule has 2 fully saturated rings. The maximum absolute atomic E-state index is 6.05. The van der Waals surface area contributed by atoms with Crippen molar-refractivity contribution < 1.29 is 9.15 Å². The van der Waals surface area contributed by atoms with Gasteiger partial charge in [0.15, 0.2) is 0 Å². The summed E-state index contributed by atoms with van der Waals surface area (Å²) in [6.45, 7) is 0.465. The summed E-state index contributed by atoms with van der Waals surface area (Å²) in [6, 6.07) is 20.4. The van der Waals surface area contributed by atoms with Crippen LogP contribution in [0, 0.1) is 5.92 Å². The van der Waals surface area contributed by atoms with E-state index in [0.717, 1.165) is 53.0 Å². The van der Waals surface area contributed by atoms with Crippen LogP contribution >= 0.6 is 0 Å². The lowest BCUT2D eigenvalue weighted by Gasteiger charge is -2.20. The number of nitrogens with zero attached hydrogens (tertiary/aromatic N) is 3. The lowest BCUT2D eigenvalue weighted by molar-refractivity contribution is 0.301. The summed E-state index contributed by atoms with van der Waals surface area (Å²) in [5.41, 5.74) is 5.27. The minimum Gasteiger partial charge on any atom is -0.487 e. The van der Waals surface area contributed by atoms with Gasteiger partial charge in [-0.2, -0.15) is 0 Å². The first-order valence-electron chi connectivity index (χ1n) is 13.7. The number of hydrogen-bond acceptors (Lipinski definition) is 6. The van der Waals surface area contributed by atoms with E-state index in [4.69, 9.17) is 9.15 Å². The van der Waals surface area contributed by atoms with Crippen molar-refractivity contribution in [2.75, 3.05) is 5.32 Å². The molecule has 4 aromatic rings. The predicted molar refractivity (Wildman–Crippen MR) is 145 cm³/mol. The SMILES string of the molecule is c1ccc(COc2ccc(Nc3cccc(-c4nnc(CCC5CCCCC5)o4)c3)c(C3CC3)c2)nc1. The van der Waals surface area contributed by atoms with Gasteiger partial charge in [0.05, 0.1) is 5.69 Å². The highest BCUT2D eigenvalue weighted by atomic mass is 16.5. The van der Waals surface area contributed by atoms with Gasteiger partial charge >= 0.3 is 0 Å². The molecule has 2 heterocycles. The van der Waals surface area contributed by atoms with Gasteiger partial charge < -0.3 is 14.5 Å². The highest BCUT2D eigenvalue weighted by Gasteiger charge is 2.27. The molecular weight excluding hydrogens is 460 g/mol. The third-order valence-electron chi connectivity index (χ3n) is 7.50. The molecule has 0 saturated heterocycles. The van der Waals surface area contributed by atoms with Gasteiger partial charge in [0.2, 0.25) is 11.8 Å². The van der Waals surface area contributed by atoms with Gasteiger partial charge in [-0.15, -0.1) is 10.2 Å². The number of hydrogen-bond donors (Lipinski definition) is 1. The minimum absolute atomic E-state index is 0.465. The second-order valence-electron chi connectivity index (χ2n) is 10.4. The Bertz CT molecular complexity index is 1310. The summed E-state index contributed by atoms with van der Waals surface area (Å²) < 4.78 is 12.1. The standard InChI is InChI=1S/C31H34N4O2/c1-2-7-22(8-3-1)12-17-30-34-35-31(37-30)24-9-6-11-25(19-24)33-29-16-15-27(20-28(29)23-13-14-23)36-21-26-10-4-5-18-32-26/h4-6,9-11,15-16,18-20,22-23,33H,1-3,7-8,12-14,17,21H2. The van der Waals surface area contributed by atoms with E-state index < -0.39 is 0 Å². The predicted octanol–water partition coefficient (Wildman–Crippen LogP) is 7.84. The molecular formula is C31H34N4O2. The van der Waals surface area contributed by atoms with Crippen LogP contribution in [0.1, 0.15) is 74.4 Å². The number of pyridine rings is 1. The molecule has 37 heavy (non-hydrogen) atoms. The summed E-state index contributed by atoms with van der Waals surface area (Å²) in [5, 5.41) is 12.3. The lowest BCUT2D eigenvalue weighted by atomic mass is 9.86. The van der Waals surface area contributed by atoms with E-state index in [9.17, 15) is 0 Å². The summed E-state index contributed by atoms with van der Waals surface area (Å²) in [7, 11) is 0. The van der Waals surface area contributed by atoms with Crippen molar-refractivity contribution in [2.45, 2.75) is 70.3 Å². The van der Waals surface area contributed by atoms with Crippen LogP contribution in [0.5, 0.6) is 5.75 Å². The van der Waals surface area contributed by atoms with E-state index >= 15 is 0 Å². The second-order valence-corrected chi connectivity index (χ2v) is 10.4. The maximum atomic E-state index is 6.05. The Kier molecular flexibility index (Phi) is 7.15. The number of ether oxygens (including phenoxy) is 1. The molecule has 2 aliphatic rings. The fraction of sp³-hybridized carbons (Fsp3) is 0.387. The van der Waals surface area contributed by atoms with E-state index in [1.54, 1.807) is 6.20 Å². The Morgan fingerprint density at radius 2 is 1.81 bits per heavy atom. The summed E-state index contributed by atoms with van der Waals surface area (Å²) in [4.78, 5) is 4.35. The maximum Gasteiger partial charge on any atom is 0.247 e. The molecule has 2 aromatic carbocycles. The highest BCUT2D eigenvalue weighted by molar-refractivity contribution is 5.69. The van der Waals surface area contributed by atoms with Crippen LogP contribution < -0.4 is 10.1 Å². The van der Waals surface area contributed by atoms with Gasteiger partial charge in [-0.1, -0.05) is 44.2 Å². The van der Waals surface area contributed by atoms with Crippen LogP contribution in [0.2, 0.25) is 0 Å². The summed E-state index contributed by atoms with van der Waals surface area (Å²) in [5.74, 6) is 3.59. The van der Waals surface area contributed by atoms with Crippen LogP contribution in [-0.4, -0.2) is 15.2 Å². The highest BCUT2D eigenvalue weighted by Crippen LogP contribution is 2.45. The van der Waals surface area contributed by atoms with Gasteiger partial charge in [0.25, 0.3) is 0 Å². The lowest BCUT2D eigenvalue weighted by Crippen LogP contribution is -2.07. The number of anilines is 2. The first-order valence-corrected chi connectivity index (χ1v) is 13.7. The first kappa shape index (κ1) is 23.7. The molecule has 190 valence electrons. The van der Waals surface area contributed by atoms with Gasteiger partial charge in [-0.05, 0) is 85.2 Å². The summed E-state index contributed by atoms with van der Waals surface area (Å²) in [6.07, 6.45) is 13.0. The van der Waals surface area contributed by atoms with Crippen molar-refractivity contribution in [1.82, 2.24) is 15.2 Å². The Labute approximate surface area is 218 Å². The van der Waals surface area contributed by atoms with Crippen molar-refractivity contribution >= 4 is 11.4 Å². The normalized spacial score (nSPS) is 16.0. The number of nitrogens with one attached hydrogen (secondary N) is 1. The van der Waals surface area contributed by atoms with E-state index in [2.05, 4.69) is 44.8 Å². The van der Waals surface area contributed by atoms with Crippen LogP contribution in [0.3, 0.4) is 0 Å². The molecule has 0 spiro atoms. The van der Waals surface area contributed by atoms with Crippen molar-refractivity contribution in [2.24, 2.45) is 5.92 Å². The van der Waals surface area contributed by atoms with E-state index in [1.807, 2.05) is 36.4 Å². The Hall–Kier alpha value is -3.67. The van der Waals surface area contributed by atoms with Gasteiger partial charge in [-0.25, -0.2) is 0 Å². The second kappa shape index (κ2) is 11.2. The van der Waals surface area contributed by atoms with Crippen LogP contribution in [-0.2, 0) is 13.0 Å². The van der Waals surface area contributed by atoms with E-state index in [-0.39, 0.29) is 0 Å². The van der Waals surface area contributed by atoms with Gasteiger partial charge in [-0.3, -0.25) is 4.98 Å². The molecule has 2 aromatic heterocycles. The topological polar surface area (TPSA) is 73.1 Å². The van der Waals surface area contributed by atoms with Crippen molar-refractivity contribution in [3.05, 3.63) is 84.0 Å². The molecule has 0 amide bonds. The van der Waals surface area contributed by atoms with Crippen molar-refractivity contribution in [3.63, 3.8) is 0 Å². The number of aryl methyl sites for hydroxylation is 1. The van der Waals surface area contributed by atoms with Gasteiger partial charge in [0.1, 0.15) is 12.4 Å². The molecule has 2 saturated carbocycles. The third kappa shape index (κ3) is 6.19. The zero-order valence-corrected chi connectivity index (χ0v) is 21.2. The Morgan fingerprint density at radius 1 is 0.892 bits per heavy atom. The van der Waals surface area contributed by atoms with E-state index in [1.165, 1.54) is 50.5 Å². The van der Waals surface area contributed by atoms with Crippen LogP contribution in [0.25, 0.3) is 11.5 Å². The molecule has 1 N–H and O–H groups in total. The molecule has 6 rings (SSSR count). The first-order chi connectivity index (χ1) is 18.3. The molecule has 0 aliphatic heterocycles. The van der Waals surface area contributed by atoms with Gasteiger partial charge in [0, 0.05) is 29.6 Å². The molecule has 2 aliphatic carbocycles. The Morgan fingerprint density at radius 3 is 2.65 bits per heavy atom. The van der Waals surface area contributed by atoms with Crippen LogP contribution in [0.4, 0.5) is 11.4 Å². The smallest absolute Gasteiger partial charge is 0.247 e. The number of benzene rings is 2. The minimum atomic E-state index is 0.465. The van der Waals surface area contributed by atoms with Crippen molar-refractivity contribution in [3.8, 4) is 17.2 Å². The molecule has 0 bridgehead atoms. The fourth-order valence-corrected chi connectivity index (χ4v) is 5.28.